The first-order chi connectivity index (χ1) is 8.34. The molecule has 0 fully saturated rings. The van der Waals surface area contributed by atoms with Crippen molar-refractivity contribution in [1.29, 1.82) is 0 Å². The van der Waals surface area contributed by atoms with Crippen molar-refractivity contribution >= 4 is 34.5 Å². The standard InChI is InChI=1S/C13H16INO3/c1-8(2)15(7-11(16)17)13(18)10-6-4-5-9(3)12(10)14/h4-6,8H,7H2,1-3H3,(H,16,17). The molecule has 4 nitrogen and oxygen atoms in total. The minimum Gasteiger partial charge on any atom is -0.480 e. The van der Waals surface area contributed by atoms with Crippen LogP contribution >= 0.6 is 22.6 Å². The van der Waals surface area contributed by atoms with Gasteiger partial charge in [0.1, 0.15) is 6.54 Å². The SMILES string of the molecule is Cc1cccc(C(=O)N(CC(=O)O)C(C)C)c1I. The fourth-order valence-electron chi connectivity index (χ4n) is 1.60. The number of hydrogen-bond acceptors (Lipinski definition) is 2. The van der Waals surface area contributed by atoms with E-state index in [0.29, 0.717) is 5.56 Å². The number of carbonyl (C=O) groups is 2. The Kier molecular flexibility index (Phi) is 5.13. The average Bonchev–Trinajstić information content (AvgIpc) is 2.28. The molecule has 0 aliphatic rings. The van der Waals surface area contributed by atoms with E-state index in [1.54, 1.807) is 6.07 Å². The Balaban J connectivity index is 3.10. The Labute approximate surface area is 120 Å². The van der Waals surface area contributed by atoms with Gasteiger partial charge < -0.3 is 10.0 Å². The number of hydrogen-bond donors (Lipinski definition) is 1. The minimum atomic E-state index is -1.00. The predicted octanol–water partition coefficient (Wildman–Crippen LogP) is 2.53. The van der Waals surface area contributed by atoms with Gasteiger partial charge in [0.05, 0.1) is 5.56 Å². The van der Waals surface area contributed by atoms with Gasteiger partial charge >= 0.3 is 5.97 Å². The van der Waals surface area contributed by atoms with E-state index in [9.17, 15) is 9.59 Å². The summed E-state index contributed by atoms with van der Waals surface area (Å²) in [6.07, 6.45) is 0. The van der Waals surface area contributed by atoms with E-state index < -0.39 is 5.97 Å². The molecular weight excluding hydrogens is 345 g/mol. The highest BCUT2D eigenvalue weighted by Crippen LogP contribution is 2.19. The number of nitrogens with zero attached hydrogens (tertiary/aromatic N) is 1. The van der Waals surface area contributed by atoms with E-state index in [2.05, 4.69) is 22.6 Å². The van der Waals surface area contributed by atoms with Crippen molar-refractivity contribution in [2.45, 2.75) is 26.8 Å². The van der Waals surface area contributed by atoms with Gasteiger partial charge in [-0.2, -0.15) is 0 Å². The van der Waals surface area contributed by atoms with Crippen molar-refractivity contribution in [3.05, 3.63) is 32.9 Å². The zero-order valence-electron chi connectivity index (χ0n) is 10.6. The molecule has 0 aromatic heterocycles. The summed E-state index contributed by atoms with van der Waals surface area (Å²) in [4.78, 5) is 24.5. The van der Waals surface area contributed by atoms with Gasteiger partial charge in [0, 0.05) is 9.61 Å². The molecule has 0 radical (unpaired) electrons. The van der Waals surface area contributed by atoms with E-state index in [0.717, 1.165) is 9.13 Å². The van der Waals surface area contributed by atoms with E-state index in [-0.39, 0.29) is 18.5 Å². The third-order valence-electron chi connectivity index (χ3n) is 2.61. The van der Waals surface area contributed by atoms with Crippen molar-refractivity contribution in [2.75, 3.05) is 6.54 Å². The average molecular weight is 361 g/mol. The Morgan fingerprint density at radius 2 is 2.00 bits per heavy atom. The summed E-state index contributed by atoms with van der Waals surface area (Å²) in [5, 5.41) is 8.86. The van der Waals surface area contributed by atoms with Crippen molar-refractivity contribution in [2.24, 2.45) is 0 Å². The third-order valence-corrected chi connectivity index (χ3v) is 4.04. The lowest BCUT2D eigenvalue weighted by molar-refractivity contribution is -0.138. The Morgan fingerprint density at radius 1 is 1.39 bits per heavy atom. The number of rotatable bonds is 4. The second-order valence-electron chi connectivity index (χ2n) is 4.36. The van der Waals surface area contributed by atoms with Crippen LogP contribution in [0.5, 0.6) is 0 Å². The van der Waals surface area contributed by atoms with Gasteiger partial charge in [0.25, 0.3) is 5.91 Å². The van der Waals surface area contributed by atoms with Crippen LogP contribution in [0.15, 0.2) is 18.2 Å². The summed E-state index contributed by atoms with van der Waals surface area (Å²) in [6, 6.07) is 5.32. The molecule has 1 aromatic rings. The summed E-state index contributed by atoms with van der Waals surface area (Å²) in [5.41, 5.74) is 1.58. The normalized spacial score (nSPS) is 10.5. The van der Waals surface area contributed by atoms with Crippen molar-refractivity contribution in [3.63, 3.8) is 0 Å². The maximum atomic E-state index is 12.4. The van der Waals surface area contributed by atoms with Gasteiger partial charge in [-0.3, -0.25) is 9.59 Å². The molecule has 98 valence electrons. The Bertz CT molecular complexity index is 471. The van der Waals surface area contributed by atoms with Crippen molar-refractivity contribution < 1.29 is 14.7 Å². The molecule has 1 amide bonds. The number of benzene rings is 1. The predicted molar refractivity (Wildman–Crippen MR) is 77.7 cm³/mol. The highest BCUT2D eigenvalue weighted by atomic mass is 127. The van der Waals surface area contributed by atoms with Gasteiger partial charge in [-0.1, -0.05) is 12.1 Å². The first-order valence-corrected chi connectivity index (χ1v) is 6.70. The minimum absolute atomic E-state index is 0.148. The molecular formula is C13H16INO3. The monoisotopic (exact) mass is 361 g/mol. The number of carboxylic acid groups (broad SMARTS) is 1. The van der Waals surface area contributed by atoms with E-state index in [4.69, 9.17) is 5.11 Å². The summed E-state index contributed by atoms with van der Waals surface area (Å²) in [6.45, 7) is 5.27. The molecule has 0 spiro atoms. The van der Waals surface area contributed by atoms with Gasteiger partial charge in [-0.05, 0) is 55.0 Å². The van der Waals surface area contributed by atoms with Crippen LogP contribution in [-0.4, -0.2) is 34.5 Å². The Hall–Kier alpha value is -1.11. The van der Waals surface area contributed by atoms with Crippen LogP contribution in [0.3, 0.4) is 0 Å². The van der Waals surface area contributed by atoms with E-state index in [1.807, 2.05) is 32.9 Å². The number of carbonyl (C=O) groups excluding carboxylic acids is 1. The van der Waals surface area contributed by atoms with Crippen molar-refractivity contribution in [3.8, 4) is 0 Å². The number of halogens is 1. The van der Waals surface area contributed by atoms with Gasteiger partial charge in [-0.15, -0.1) is 0 Å². The molecule has 1 N–H and O–H groups in total. The largest absolute Gasteiger partial charge is 0.480 e. The lowest BCUT2D eigenvalue weighted by Gasteiger charge is -2.25. The summed E-state index contributed by atoms with van der Waals surface area (Å²) >= 11 is 2.12. The zero-order valence-corrected chi connectivity index (χ0v) is 12.8. The molecule has 18 heavy (non-hydrogen) atoms. The highest BCUT2D eigenvalue weighted by Gasteiger charge is 2.23. The van der Waals surface area contributed by atoms with Crippen LogP contribution in [0.25, 0.3) is 0 Å². The number of carboxylic acids is 1. The molecule has 0 saturated heterocycles. The van der Waals surface area contributed by atoms with Crippen molar-refractivity contribution in [1.82, 2.24) is 4.90 Å². The number of aryl methyl sites for hydroxylation is 1. The van der Waals surface area contributed by atoms with Crippen LogP contribution in [0.2, 0.25) is 0 Å². The van der Waals surface area contributed by atoms with Crippen LogP contribution in [-0.2, 0) is 4.79 Å². The quantitative estimate of drug-likeness (QED) is 0.839. The smallest absolute Gasteiger partial charge is 0.323 e. The molecule has 0 aliphatic heterocycles. The number of aliphatic carboxylic acids is 1. The molecule has 0 heterocycles. The Morgan fingerprint density at radius 3 is 2.50 bits per heavy atom. The van der Waals surface area contributed by atoms with Crippen LogP contribution in [0, 0.1) is 10.5 Å². The number of amides is 1. The first-order valence-electron chi connectivity index (χ1n) is 5.62. The van der Waals surface area contributed by atoms with E-state index >= 15 is 0 Å². The van der Waals surface area contributed by atoms with Crippen LogP contribution < -0.4 is 0 Å². The topological polar surface area (TPSA) is 57.6 Å². The molecule has 0 unspecified atom stereocenters. The molecule has 5 heteroatoms. The molecule has 1 rings (SSSR count). The third kappa shape index (κ3) is 3.44. The summed E-state index contributed by atoms with van der Waals surface area (Å²) in [7, 11) is 0. The molecule has 0 atom stereocenters. The fourth-order valence-corrected chi connectivity index (χ4v) is 2.19. The fraction of sp³-hybridized carbons (Fsp3) is 0.385. The van der Waals surface area contributed by atoms with Crippen LogP contribution in [0.1, 0.15) is 29.8 Å². The molecule has 1 aromatic carbocycles. The second-order valence-corrected chi connectivity index (χ2v) is 5.44. The molecule has 0 aliphatic carbocycles. The second kappa shape index (κ2) is 6.17. The zero-order chi connectivity index (χ0) is 13.9. The summed E-state index contributed by atoms with van der Waals surface area (Å²) in [5.74, 6) is -1.24. The summed E-state index contributed by atoms with van der Waals surface area (Å²) < 4.78 is 0.871. The van der Waals surface area contributed by atoms with Gasteiger partial charge in [0.15, 0.2) is 0 Å². The molecule has 0 bridgehead atoms. The molecule has 0 saturated carbocycles. The maximum absolute atomic E-state index is 12.4. The van der Waals surface area contributed by atoms with Crippen LogP contribution in [0.4, 0.5) is 0 Å². The lowest BCUT2D eigenvalue weighted by atomic mass is 10.1. The lowest BCUT2D eigenvalue weighted by Crippen LogP contribution is -2.41. The first kappa shape index (κ1) is 14.9. The van der Waals surface area contributed by atoms with E-state index in [1.165, 1.54) is 4.90 Å². The van der Waals surface area contributed by atoms with Gasteiger partial charge in [0.2, 0.25) is 0 Å². The maximum Gasteiger partial charge on any atom is 0.323 e. The highest BCUT2D eigenvalue weighted by molar-refractivity contribution is 14.1. The van der Waals surface area contributed by atoms with Gasteiger partial charge in [-0.25, -0.2) is 0 Å².